The molecule has 1 heterocycles. The highest BCUT2D eigenvalue weighted by Gasteiger charge is 2.41. The molecule has 1 N–H and O–H groups in total. The molecule has 0 spiro atoms. The lowest BCUT2D eigenvalue weighted by molar-refractivity contribution is -0.145. The Kier molecular flexibility index (Phi) is 3.11. The first kappa shape index (κ1) is 11.8. The summed E-state index contributed by atoms with van der Waals surface area (Å²) in [4.78, 5) is 1.89. The minimum absolute atomic E-state index is 0.160. The van der Waals surface area contributed by atoms with E-state index < -0.39 is 18.2 Å². The van der Waals surface area contributed by atoms with Gasteiger partial charge in [-0.25, -0.2) is 0 Å². The van der Waals surface area contributed by atoms with Crippen molar-refractivity contribution in [1.29, 1.82) is 0 Å². The van der Waals surface area contributed by atoms with Gasteiger partial charge in [-0.15, -0.1) is 0 Å². The summed E-state index contributed by atoms with van der Waals surface area (Å²) in [5.74, 6) is 0. The van der Waals surface area contributed by atoms with Crippen LogP contribution in [0.15, 0.2) is 0 Å². The van der Waals surface area contributed by atoms with Gasteiger partial charge in [0.1, 0.15) is 0 Å². The van der Waals surface area contributed by atoms with Crippen molar-refractivity contribution >= 4 is 0 Å². The lowest BCUT2D eigenvalue weighted by atomic mass is 9.95. The lowest BCUT2D eigenvalue weighted by Crippen LogP contribution is -2.33. The van der Waals surface area contributed by atoms with E-state index in [1.54, 1.807) is 0 Å². The average molecular weight is 211 g/mol. The quantitative estimate of drug-likeness (QED) is 0.752. The van der Waals surface area contributed by atoms with Crippen LogP contribution < -0.4 is 0 Å². The molecule has 0 saturated carbocycles. The molecule has 0 aliphatic carbocycles. The highest BCUT2D eigenvalue weighted by atomic mass is 19.4. The molecule has 14 heavy (non-hydrogen) atoms. The molecule has 2 unspecified atom stereocenters. The van der Waals surface area contributed by atoms with E-state index in [-0.39, 0.29) is 12.5 Å². The van der Waals surface area contributed by atoms with Gasteiger partial charge in [0.2, 0.25) is 0 Å². The first-order valence-corrected chi connectivity index (χ1v) is 4.71. The van der Waals surface area contributed by atoms with Gasteiger partial charge >= 0.3 is 6.18 Å². The van der Waals surface area contributed by atoms with E-state index in [0.717, 1.165) is 0 Å². The first-order chi connectivity index (χ1) is 6.22. The lowest BCUT2D eigenvalue weighted by Gasteiger charge is -2.22. The minimum Gasteiger partial charge on any atom is -0.388 e. The Morgan fingerprint density at radius 2 is 2.07 bits per heavy atom. The van der Waals surface area contributed by atoms with E-state index in [2.05, 4.69) is 0 Å². The van der Waals surface area contributed by atoms with Crippen LogP contribution in [0.2, 0.25) is 0 Å². The van der Waals surface area contributed by atoms with E-state index in [1.165, 1.54) is 0 Å². The zero-order chi connectivity index (χ0) is 11.0. The summed E-state index contributed by atoms with van der Waals surface area (Å²) >= 11 is 0. The molecule has 0 aromatic rings. The number of hydrogen-bond donors (Lipinski definition) is 1. The first-order valence-electron chi connectivity index (χ1n) is 4.71. The molecule has 2 atom stereocenters. The molecule has 1 fully saturated rings. The van der Waals surface area contributed by atoms with Gasteiger partial charge in [-0.05, 0) is 26.8 Å². The van der Waals surface area contributed by atoms with Gasteiger partial charge in [-0.1, -0.05) is 0 Å². The van der Waals surface area contributed by atoms with Crippen LogP contribution in [-0.2, 0) is 0 Å². The fourth-order valence-electron chi connectivity index (χ4n) is 1.95. The third-order valence-electron chi connectivity index (χ3n) is 2.85. The molecular formula is C9H16F3NO. The van der Waals surface area contributed by atoms with Crippen molar-refractivity contribution in [3.8, 4) is 0 Å². The number of likely N-dealkylation sites (N-methyl/N-ethyl adjacent to an activating group) is 1. The second kappa shape index (κ2) is 3.70. The van der Waals surface area contributed by atoms with E-state index in [9.17, 15) is 18.3 Å². The van der Waals surface area contributed by atoms with Crippen LogP contribution in [0.25, 0.3) is 0 Å². The standard InChI is InChI=1S/C9H16F3NO/c1-7-5-8(14,6-13(7)2)3-4-9(10,11)12/h7,14H,3-6H2,1-2H3. The molecule has 0 radical (unpaired) electrons. The maximum Gasteiger partial charge on any atom is 0.389 e. The number of likely N-dealkylation sites (tertiary alicyclic amines) is 1. The Morgan fingerprint density at radius 1 is 1.50 bits per heavy atom. The summed E-state index contributed by atoms with van der Waals surface area (Å²) < 4.78 is 35.8. The summed E-state index contributed by atoms with van der Waals surface area (Å²) in [5, 5.41) is 9.85. The van der Waals surface area contributed by atoms with Crippen LogP contribution in [-0.4, -0.2) is 41.4 Å². The van der Waals surface area contributed by atoms with Gasteiger partial charge in [0.05, 0.1) is 5.60 Å². The monoisotopic (exact) mass is 211 g/mol. The summed E-state index contributed by atoms with van der Waals surface area (Å²) in [6.45, 7) is 2.25. The van der Waals surface area contributed by atoms with E-state index in [1.807, 2.05) is 18.9 Å². The fourth-order valence-corrected chi connectivity index (χ4v) is 1.95. The maximum atomic E-state index is 11.9. The SMILES string of the molecule is CC1CC(O)(CCC(F)(F)F)CN1C. The third-order valence-corrected chi connectivity index (χ3v) is 2.85. The summed E-state index contributed by atoms with van der Waals surface area (Å²) in [6.07, 6.45) is -4.82. The van der Waals surface area contributed by atoms with Gasteiger partial charge in [-0.2, -0.15) is 13.2 Å². The highest BCUT2D eigenvalue weighted by Crippen LogP contribution is 2.33. The van der Waals surface area contributed by atoms with Crippen molar-refractivity contribution in [2.45, 2.75) is 44.0 Å². The van der Waals surface area contributed by atoms with Gasteiger partial charge in [0.25, 0.3) is 0 Å². The predicted octanol–water partition coefficient (Wildman–Crippen LogP) is 1.78. The van der Waals surface area contributed by atoms with Gasteiger partial charge in [0.15, 0.2) is 0 Å². The number of β-amino-alcohol motifs (C(OH)–C–C–N with tert-alkyl or cyclic N) is 1. The second-order valence-electron chi connectivity index (χ2n) is 4.31. The molecule has 0 bridgehead atoms. The highest BCUT2D eigenvalue weighted by molar-refractivity contribution is 4.93. The average Bonchev–Trinajstić information content (AvgIpc) is 2.23. The number of hydrogen-bond acceptors (Lipinski definition) is 2. The number of rotatable bonds is 2. The molecule has 1 aliphatic rings. The van der Waals surface area contributed by atoms with Crippen molar-refractivity contribution < 1.29 is 18.3 Å². The number of halogens is 3. The zero-order valence-corrected chi connectivity index (χ0v) is 8.43. The molecule has 5 heteroatoms. The second-order valence-corrected chi connectivity index (χ2v) is 4.31. The normalized spacial score (nSPS) is 35.1. The van der Waals surface area contributed by atoms with Crippen LogP contribution in [0, 0.1) is 0 Å². The van der Waals surface area contributed by atoms with Crippen LogP contribution in [0.1, 0.15) is 26.2 Å². The minimum atomic E-state index is -4.17. The molecule has 0 aromatic heterocycles. The Hall–Kier alpha value is -0.290. The molecule has 1 rings (SSSR count). The Morgan fingerprint density at radius 3 is 2.43 bits per heavy atom. The van der Waals surface area contributed by atoms with Gasteiger partial charge < -0.3 is 10.0 Å². The Balaban J connectivity index is 2.45. The van der Waals surface area contributed by atoms with E-state index in [0.29, 0.717) is 13.0 Å². The number of nitrogens with zero attached hydrogens (tertiary/aromatic N) is 1. The molecule has 2 nitrogen and oxygen atoms in total. The topological polar surface area (TPSA) is 23.5 Å². The van der Waals surface area contributed by atoms with Crippen molar-refractivity contribution in [3.63, 3.8) is 0 Å². The van der Waals surface area contributed by atoms with E-state index >= 15 is 0 Å². The van der Waals surface area contributed by atoms with Gasteiger partial charge in [0, 0.05) is 19.0 Å². The van der Waals surface area contributed by atoms with Crippen LogP contribution in [0.3, 0.4) is 0 Å². The maximum absolute atomic E-state index is 11.9. The van der Waals surface area contributed by atoms with E-state index in [4.69, 9.17) is 0 Å². The Labute approximate surface area is 81.7 Å². The van der Waals surface area contributed by atoms with Crippen molar-refractivity contribution in [1.82, 2.24) is 4.90 Å². The predicted molar refractivity (Wildman–Crippen MR) is 46.9 cm³/mol. The molecular weight excluding hydrogens is 195 g/mol. The zero-order valence-electron chi connectivity index (χ0n) is 8.43. The van der Waals surface area contributed by atoms with Gasteiger partial charge in [-0.3, -0.25) is 0 Å². The molecule has 0 aromatic carbocycles. The van der Waals surface area contributed by atoms with Crippen LogP contribution in [0.4, 0.5) is 13.2 Å². The molecule has 1 aliphatic heterocycles. The third kappa shape index (κ3) is 3.13. The number of alkyl halides is 3. The fraction of sp³-hybridized carbons (Fsp3) is 1.00. The molecule has 0 amide bonds. The molecule has 1 saturated heterocycles. The smallest absolute Gasteiger partial charge is 0.388 e. The summed E-state index contributed by atoms with van der Waals surface area (Å²) in [7, 11) is 1.82. The summed E-state index contributed by atoms with van der Waals surface area (Å²) in [5.41, 5.74) is -1.15. The largest absolute Gasteiger partial charge is 0.389 e. The van der Waals surface area contributed by atoms with Crippen molar-refractivity contribution in [2.24, 2.45) is 0 Å². The number of aliphatic hydroxyl groups is 1. The van der Waals surface area contributed by atoms with Crippen molar-refractivity contribution in [2.75, 3.05) is 13.6 Å². The van der Waals surface area contributed by atoms with Crippen molar-refractivity contribution in [3.05, 3.63) is 0 Å². The van der Waals surface area contributed by atoms with Crippen LogP contribution >= 0.6 is 0 Å². The van der Waals surface area contributed by atoms with Crippen LogP contribution in [0.5, 0.6) is 0 Å². The molecule has 84 valence electrons. The summed E-state index contributed by atoms with van der Waals surface area (Å²) in [6, 6.07) is 0.160. The Bertz CT molecular complexity index is 195.